The number of aromatic nitrogens is 3. The van der Waals surface area contributed by atoms with Crippen molar-refractivity contribution < 1.29 is 8.42 Å². The number of hydrogen-bond acceptors (Lipinski definition) is 4. The highest BCUT2D eigenvalue weighted by molar-refractivity contribution is 7.88. The lowest BCUT2D eigenvalue weighted by molar-refractivity contribution is 0.272. The van der Waals surface area contributed by atoms with Crippen molar-refractivity contribution in [1.29, 1.82) is 0 Å². The fourth-order valence-corrected chi connectivity index (χ4v) is 6.70. The molecule has 1 saturated heterocycles. The first-order valence-corrected chi connectivity index (χ1v) is 11.5. The second-order valence-electron chi connectivity index (χ2n) is 7.74. The third kappa shape index (κ3) is 3.41. The quantitative estimate of drug-likeness (QED) is 0.759. The summed E-state index contributed by atoms with van der Waals surface area (Å²) in [7, 11) is -3.45. The van der Waals surface area contributed by atoms with Crippen molar-refractivity contribution in [3.63, 3.8) is 0 Å². The first kappa shape index (κ1) is 18.9. The van der Waals surface area contributed by atoms with Crippen LogP contribution in [0.5, 0.6) is 0 Å². The highest BCUT2D eigenvalue weighted by Gasteiger charge is 2.53. The topological polar surface area (TPSA) is 68.1 Å². The lowest BCUT2D eigenvalue weighted by Crippen LogP contribution is -2.32. The Labute approximate surface area is 165 Å². The SMILES string of the molecule is CCn1cnnc1C1CN(S(=O)(=O)Cc2ccccc2Cl)CC12CCCC2. The summed E-state index contributed by atoms with van der Waals surface area (Å²) in [5.41, 5.74) is 0.632. The van der Waals surface area contributed by atoms with Crippen molar-refractivity contribution in [2.24, 2.45) is 5.41 Å². The highest BCUT2D eigenvalue weighted by Crippen LogP contribution is 2.53. The number of halogens is 1. The van der Waals surface area contributed by atoms with Crippen LogP contribution in [0.25, 0.3) is 0 Å². The Bertz CT molecular complexity index is 921. The minimum absolute atomic E-state index is 0.0203. The van der Waals surface area contributed by atoms with Crippen molar-refractivity contribution in [3.8, 4) is 0 Å². The van der Waals surface area contributed by atoms with E-state index in [0.29, 0.717) is 23.7 Å². The summed E-state index contributed by atoms with van der Waals surface area (Å²) in [6, 6.07) is 7.16. The number of nitrogens with zero attached hydrogens (tertiary/aromatic N) is 4. The van der Waals surface area contributed by atoms with Crippen LogP contribution in [-0.2, 0) is 22.3 Å². The smallest absolute Gasteiger partial charge is 0.218 e. The first-order chi connectivity index (χ1) is 13.0. The Kier molecular flexibility index (Phi) is 5.03. The van der Waals surface area contributed by atoms with Crippen LogP contribution in [0, 0.1) is 5.41 Å². The van der Waals surface area contributed by atoms with E-state index in [1.165, 1.54) is 0 Å². The van der Waals surface area contributed by atoms with E-state index in [4.69, 9.17) is 11.6 Å². The van der Waals surface area contributed by atoms with Crippen LogP contribution in [0.2, 0.25) is 5.02 Å². The Morgan fingerprint density at radius 3 is 2.70 bits per heavy atom. The van der Waals surface area contributed by atoms with Crippen LogP contribution in [0.1, 0.15) is 49.9 Å². The van der Waals surface area contributed by atoms with Gasteiger partial charge >= 0.3 is 0 Å². The van der Waals surface area contributed by atoms with E-state index < -0.39 is 10.0 Å². The average Bonchev–Trinajstić information content (AvgIpc) is 3.37. The number of rotatable bonds is 5. The zero-order chi connectivity index (χ0) is 19.1. The largest absolute Gasteiger partial charge is 0.318 e. The van der Waals surface area contributed by atoms with Gasteiger partial charge in [0, 0.05) is 30.6 Å². The van der Waals surface area contributed by atoms with E-state index in [0.717, 1.165) is 38.1 Å². The highest BCUT2D eigenvalue weighted by atomic mass is 35.5. The molecule has 0 amide bonds. The molecule has 1 saturated carbocycles. The van der Waals surface area contributed by atoms with Gasteiger partial charge in [-0.05, 0) is 36.8 Å². The van der Waals surface area contributed by atoms with E-state index >= 15 is 0 Å². The van der Waals surface area contributed by atoms with Crippen molar-refractivity contribution in [3.05, 3.63) is 47.0 Å². The van der Waals surface area contributed by atoms with Crippen molar-refractivity contribution in [1.82, 2.24) is 19.1 Å². The van der Waals surface area contributed by atoms with Gasteiger partial charge in [-0.15, -0.1) is 10.2 Å². The van der Waals surface area contributed by atoms with Gasteiger partial charge in [0.05, 0.1) is 5.75 Å². The minimum Gasteiger partial charge on any atom is -0.318 e. The summed E-state index contributed by atoms with van der Waals surface area (Å²) in [5.74, 6) is 0.967. The summed E-state index contributed by atoms with van der Waals surface area (Å²) >= 11 is 6.20. The van der Waals surface area contributed by atoms with Gasteiger partial charge in [-0.2, -0.15) is 0 Å². The number of sulfonamides is 1. The van der Waals surface area contributed by atoms with Gasteiger partial charge in [0.1, 0.15) is 12.2 Å². The van der Waals surface area contributed by atoms with Gasteiger partial charge in [0.15, 0.2) is 0 Å². The Morgan fingerprint density at radius 1 is 1.26 bits per heavy atom. The maximum absolute atomic E-state index is 13.2. The van der Waals surface area contributed by atoms with Crippen LogP contribution >= 0.6 is 11.6 Å². The predicted molar refractivity (Wildman–Crippen MR) is 105 cm³/mol. The normalized spacial score (nSPS) is 22.7. The third-order valence-electron chi connectivity index (χ3n) is 6.20. The molecule has 1 atom stereocenters. The maximum atomic E-state index is 13.2. The molecule has 2 aromatic rings. The molecule has 27 heavy (non-hydrogen) atoms. The number of aryl methyl sites for hydroxylation is 1. The van der Waals surface area contributed by atoms with Crippen LogP contribution < -0.4 is 0 Å². The van der Waals surface area contributed by atoms with Crippen molar-refractivity contribution in [2.75, 3.05) is 13.1 Å². The van der Waals surface area contributed by atoms with Crippen LogP contribution in [0.15, 0.2) is 30.6 Å². The lowest BCUT2D eigenvalue weighted by atomic mass is 9.76. The van der Waals surface area contributed by atoms with Crippen LogP contribution in [0.3, 0.4) is 0 Å². The number of hydrogen-bond donors (Lipinski definition) is 0. The second kappa shape index (κ2) is 7.18. The molecule has 4 rings (SSSR count). The van der Waals surface area contributed by atoms with Crippen molar-refractivity contribution in [2.45, 2.75) is 50.8 Å². The Morgan fingerprint density at radius 2 is 2.00 bits per heavy atom. The van der Waals surface area contributed by atoms with Crippen LogP contribution in [-0.4, -0.2) is 40.6 Å². The zero-order valence-electron chi connectivity index (χ0n) is 15.5. The molecule has 1 aliphatic heterocycles. The van der Waals surface area contributed by atoms with Gasteiger partial charge in [0.25, 0.3) is 0 Å². The predicted octanol–water partition coefficient (Wildman–Crippen LogP) is 3.44. The Balaban J connectivity index is 1.64. The average molecular weight is 409 g/mol. The molecule has 2 aliphatic rings. The molecule has 1 unspecified atom stereocenters. The van der Waals surface area contributed by atoms with Gasteiger partial charge in [0.2, 0.25) is 10.0 Å². The molecule has 0 radical (unpaired) electrons. The minimum atomic E-state index is -3.45. The van der Waals surface area contributed by atoms with E-state index in [-0.39, 0.29) is 17.1 Å². The molecule has 0 N–H and O–H groups in total. The molecule has 0 bridgehead atoms. The van der Waals surface area contributed by atoms with Gasteiger partial charge in [-0.1, -0.05) is 42.6 Å². The fraction of sp³-hybridized carbons (Fsp3) is 0.579. The Hall–Kier alpha value is -1.44. The molecule has 6 nitrogen and oxygen atoms in total. The summed E-state index contributed by atoms with van der Waals surface area (Å²) in [4.78, 5) is 0. The second-order valence-corrected chi connectivity index (χ2v) is 10.1. The van der Waals surface area contributed by atoms with E-state index in [1.807, 2.05) is 12.1 Å². The van der Waals surface area contributed by atoms with Gasteiger partial charge in [-0.25, -0.2) is 12.7 Å². The van der Waals surface area contributed by atoms with Crippen LogP contribution in [0.4, 0.5) is 0 Å². The summed E-state index contributed by atoms with van der Waals surface area (Å²) < 4.78 is 30.1. The molecule has 2 heterocycles. The fourth-order valence-electron chi connectivity index (χ4n) is 4.76. The van der Waals surface area contributed by atoms with E-state index in [2.05, 4.69) is 21.7 Å². The molecule has 146 valence electrons. The monoisotopic (exact) mass is 408 g/mol. The standard InChI is InChI=1S/C19H25ClN4O2S/c1-2-23-14-21-22-18(23)16-11-24(13-19(16)9-5-6-10-19)27(25,26)12-15-7-3-4-8-17(15)20/h3-4,7-8,14,16H,2,5-6,9-13H2,1H3. The third-order valence-corrected chi connectivity index (χ3v) is 8.31. The van der Waals surface area contributed by atoms with Crippen molar-refractivity contribution >= 4 is 21.6 Å². The summed E-state index contributed by atoms with van der Waals surface area (Å²) in [5, 5.41) is 8.96. The zero-order valence-corrected chi connectivity index (χ0v) is 17.1. The van der Waals surface area contributed by atoms with Gasteiger partial charge < -0.3 is 4.57 Å². The molecular formula is C19H25ClN4O2S. The summed E-state index contributed by atoms with van der Waals surface area (Å²) in [6.45, 7) is 3.91. The molecule has 1 aromatic heterocycles. The molecule has 1 spiro atoms. The molecule has 1 aromatic carbocycles. The first-order valence-electron chi connectivity index (χ1n) is 9.54. The molecule has 8 heteroatoms. The molecule has 2 fully saturated rings. The van der Waals surface area contributed by atoms with Gasteiger partial charge in [-0.3, -0.25) is 0 Å². The number of benzene rings is 1. The lowest BCUT2D eigenvalue weighted by Gasteiger charge is -2.29. The summed E-state index contributed by atoms with van der Waals surface area (Å²) in [6.07, 6.45) is 6.14. The maximum Gasteiger partial charge on any atom is 0.218 e. The van der Waals surface area contributed by atoms with E-state index in [1.54, 1.807) is 22.8 Å². The van der Waals surface area contributed by atoms with E-state index in [9.17, 15) is 8.42 Å². The molecular weight excluding hydrogens is 384 g/mol. The molecule has 1 aliphatic carbocycles.